The molecule has 2 aliphatic rings. The Bertz CT molecular complexity index is 807. The Morgan fingerprint density at radius 1 is 1.26 bits per heavy atom. The van der Waals surface area contributed by atoms with Crippen LogP contribution >= 0.6 is 0 Å². The molecular weight excluding hydrogens is 348 g/mol. The maximum absolute atomic E-state index is 12.7. The van der Waals surface area contributed by atoms with Crippen LogP contribution in [0.2, 0.25) is 0 Å². The molecule has 0 saturated carbocycles. The molecule has 0 atom stereocenters. The van der Waals surface area contributed by atoms with Gasteiger partial charge in [0, 0.05) is 51.3 Å². The van der Waals surface area contributed by atoms with Crippen LogP contribution in [0.5, 0.6) is 0 Å². The summed E-state index contributed by atoms with van der Waals surface area (Å²) >= 11 is 0. The molecule has 2 aromatic heterocycles. The van der Waals surface area contributed by atoms with E-state index >= 15 is 0 Å². The van der Waals surface area contributed by atoms with Crippen molar-refractivity contribution in [2.24, 2.45) is 0 Å². The predicted octanol–water partition coefficient (Wildman–Crippen LogP) is 0.155. The average molecular weight is 372 g/mol. The number of piperidine rings is 1. The van der Waals surface area contributed by atoms with Crippen LogP contribution in [0.4, 0.5) is 0 Å². The lowest BCUT2D eigenvalue weighted by Gasteiger charge is -2.50. The predicted molar refractivity (Wildman–Crippen MR) is 95.6 cm³/mol. The van der Waals surface area contributed by atoms with E-state index in [0.717, 1.165) is 17.8 Å². The van der Waals surface area contributed by atoms with Gasteiger partial charge in [0.15, 0.2) is 0 Å². The molecule has 144 valence electrons. The number of aromatic nitrogens is 4. The van der Waals surface area contributed by atoms with Crippen molar-refractivity contribution in [3.63, 3.8) is 0 Å². The van der Waals surface area contributed by atoms with Crippen molar-refractivity contribution in [2.45, 2.75) is 31.3 Å². The van der Waals surface area contributed by atoms with Gasteiger partial charge in [-0.2, -0.15) is 0 Å². The van der Waals surface area contributed by atoms with Crippen LogP contribution in [0.25, 0.3) is 0 Å². The third kappa shape index (κ3) is 3.12. The number of carbonyl (C=O) groups excluding carboxylic acids is 2. The van der Waals surface area contributed by atoms with E-state index in [2.05, 4.69) is 15.0 Å². The Labute approximate surface area is 157 Å². The van der Waals surface area contributed by atoms with E-state index in [0.29, 0.717) is 32.5 Å². The summed E-state index contributed by atoms with van der Waals surface area (Å²) in [4.78, 5) is 40.8. The smallest absolute Gasteiger partial charge is 0.249 e. The van der Waals surface area contributed by atoms with Crippen LogP contribution < -0.4 is 0 Å². The molecule has 2 aromatic rings. The lowest BCUT2D eigenvalue weighted by molar-refractivity contribution is -0.148. The van der Waals surface area contributed by atoms with Crippen molar-refractivity contribution in [2.75, 3.05) is 33.4 Å². The first-order valence-electron chi connectivity index (χ1n) is 9.20. The number of fused-ring (bicyclic) bond motifs is 2. The van der Waals surface area contributed by atoms with E-state index in [4.69, 9.17) is 4.74 Å². The summed E-state index contributed by atoms with van der Waals surface area (Å²) in [6.45, 7) is 2.17. The Hall–Kier alpha value is -2.68. The Morgan fingerprint density at radius 2 is 2.07 bits per heavy atom. The van der Waals surface area contributed by atoms with Gasteiger partial charge in [-0.05, 0) is 12.8 Å². The summed E-state index contributed by atoms with van der Waals surface area (Å²) in [5, 5.41) is 0. The number of imidazole rings is 2. The number of ether oxygens (including phenoxy) is 1. The zero-order valence-electron chi connectivity index (χ0n) is 15.4. The topological polar surface area (TPSA) is 96.4 Å². The number of carbonyl (C=O) groups is 2. The van der Waals surface area contributed by atoms with Crippen molar-refractivity contribution in [1.29, 1.82) is 0 Å². The molecule has 2 aliphatic heterocycles. The molecule has 1 spiro atoms. The molecule has 27 heavy (non-hydrogen) atoms. The van der Waals surface area contributed by atoms with E-state index < -0.39 is 5.54 Å². The highest BCUT2D eigenvalue weighted by Crippen LogP contribution is 2.42. The zero-order valence-corrected chi connectivity index (χ0v) is 15.4. The van der Waals surface area contributed by atoms with Crippen molar-refractivity contribution < 1.29 is 14.3 Å². The van der Waals surface area contributed by atoms with Crippen LogP contribution in [-0.4, -0.2) is 74.5 Å². The van der Waals surface area contributed by atoms with Crippen LogP contribution in [0.15, 0.2) is 25.0 Å². The zero-order chi connectivity index (χ0) is 18.9. The molecule has 1 fully saturated rings. The number of rotatable bonds is 4. The fourth-order valence-electron chi connectivity index (χ4n) is 4.31. The molecule has 0 aliphatic carbocycles. The summed E-state index contributed by atoms with van der Waals surface area (Å²) in [6, 6.07) is 0. The summed E-state index contributed by atoms with van der Waals surface area (Å²) in [7, 11) is 1.53. The first kappa shape index (κ1) is 17.7. The molecule has 2 amide bonds. The van der Waals surface area contributed by atoms with E-state index in [1.54, 1.807) is 29.6 Å². The van der Waals surface area contributed by atoms with E-state index in [1.807, 2.05) is 9.80 Å². The molecule has 0 radical (unpaired) electrons. The van der Waals surface area contributed by atoms with Gasteiger partial charge in [-0.3, -0.25) is 9.59 Å². The minimum atomic E-state index is -0.463. The molecule has 1 N–H and O–H groups in total. The largest absolute Gasteiger partial charge is 0.375 e. The minimum absolute atomic E-state index is 0.0238. The van der Waals surface area contributed by atoms with Gasteiger partial charge in [0.05, 0.1) is 23.9 Å². The minimum Gasteiger partial charge on any atom is -0.375 e. The first-order valence-corrected chi connectivity index (χ1v) is 9.20. The maximum Gasteiger partial charge on any atom is 0.249 e. The number of likely N-dealkylation sites (tertiary alicyclic amines) is 1. The highest BCUT2D eigenvalue weighted by atomic mass is 16.5. The van der Waals surface area contributed by atoms with Crippen LogP contribution in [0, 0.1) is 0 Å². The Morgan fingerprint density at radius 3 is 2.78 bits per heavy atom. The molecular formula is C18H24N6O3. The van der Waals surface area contributed by atoms with Crippen molar-refractivity contribution in [3.05, 3.63) is 36.4 Å². The van der Waals surface area contributed by atoms with Crippen molar-refractivity contribution in [3.8, 4) is 0 Å². The number of hydrogen-bond acceptors (Lipinski definition) is 5. The van der Waals surface area contributed by atoms with Crippen molar-refractivity contribution >= 4 is 11.8 Å². The average Bonchev–Trinajstić information content (AvgIpc) is 3.35. The monoisotopic (exact) mass is 372 g/mol. The normalized spacial score (nSPS) is 18.6. The summed E-state index contributed by atoms with van der Waals surface area (Å²) < 4.78 is 6.86. The first-order chi connectivity index (χ1) is 13.1. The van der Waals surface area contributed by atoms with Gasteiger partial charge in [-0.1, -0.05) is 0 Å². The summed E-state index contributed by atoms with van der Waals surface area (Å²) in [5.74, 6) is 0.0417. The quantitative estimate of drug-likeness (QED) is 0.824. The van der Waals surface area contributed by atoms with Crippen LogP contribution in [0.3, 0.4) is 0 Å². The highest BCUT2D eigenvalue weighted by molar-refractivity contribution is 5.79. The van der Waals surface area contributed by atoms with Gasteiger partial charge < -0.3 is 24.1 Å². The van der Waals surface area contributed by atoms with E-state index in [1.165, 1.54) is 7.11 Å². The molecule has 9 heteroatoms. The lowest BCUT2D eigenvalue weighted by atomic mass is 9.78. The number of nitrogens with one attached hydrogen (secondary N) is 1. The standard InChI is InChI=1S/C18H24N6O3/c1-27-11-16(26)24-6-2-14-17(21-12-20-14)18(24)3-7-23(8-4-18)15(25)10-22-9-5-19-13-22/h5,9,12-13H,2-4,6-8,10-11H2,1H3,(H,20,21). The van der Waals surface area contributed by atoms with Gasteiger partial charge in [0.25, 0.3) is 0 Å². The molecule has 1 saturated heterocycles. The van der Waals surface area contributed by atoms with Crippen molar-refractivity contribution in [1.82, 2.24) is 29.3 Å². The summed E-state index contributed by atoms with van der Waals surface area (Å²) in [5.41, 5.74) is 1.57. The fraction of sp³-hybridized carbons (Fsp3) is 0.556. The number of hydrogen-bond donors (Lipinski definition) is 1. The Kier molecular flexibility index (Phi) is 4.69. The molecule has 4 rings (SSSR count). The van der Waals surface area contributed by atoms with Gasteiger partial charge in [-0.15, -0.1) is 0 Å². The fourth-order valence-corrected chi connectivity index (χ4v) is 4.31. The van der Waals surface area contributed by atoms with E-state index in [9.17, 15) is 9.59 Å². The highest BCUT2D eigenvalue weighted by Gasteiger charge is 2.49. The molecule has 0 aromatic carbocycles. The van der Waals surface area contributed by atoms with Crippen LogP contribution in [0.1, 0.15) is 24.2 Å². The SMILES string of the molecule is COCC(=O)N1CCc2[nH]cnc2C12CCN(C(=O)Cn1ccnc1)CC2. The van der Waals surface area contributed by atoms with Crippen LogP contribution in [-0.2, 0) is 32.8 Å². The third-order valence-electron chi connectivity index (χ3n) is 5.65. The third-order valence-corrected chi connectivity index (χ3v) is 5.65. The second-order valence-electron chi connectivity index (χ2n) is 7.11. The number of H-pyrrole nitrogens is 1. The number of methoxy groups -OCH3 is 1. The van der Waals surface area contributed by atoms with Gasteiger partial charge in [0.1, 0.15) is 13.2 Å². The second kappa shape index (κ2) is 7.15. The van der Waals surface area contributed by atoms with E-state index in [-0.39, 0.29) is 25.0 Å². The molecule has 4 heterocycles. The summed E-state index contributed by atoms with van der Waals surface area (Å²) in [6.07, 6.45) is 8.91. The second-order valence-corrected chi connectivity index (χ2v) is 7.11. The number of aromatic amines is 1. The number of nitrogens with zero attached hydrogens (tertiary/aromatic N) is 5. The van der Waals surface area contributed by atoms with Gasteiger partial charge >= 0.3 is 0 Å². The lowest BCUT2D eigenvalue weighted by Crippen LogP contribution is -2.59. The molecule has 0 bridgehead atoms. The maximum atomic E-state index is 12.7. The Balaban J connectivity index is 1.53. The molecule has 0 unspecified atom stereocenters. The van der Waals surface area contributed by atoms with Gasteiger partial charge in [0.2, 0.25) is 11.8 Å². The molecule has 9 nitrogen and oxygen atoms in total. The van der Waals surface area contributed by atoms with Gasteiger partial charge in [-0.25, -0.2) is 9.97 Å². The number of amides is 2.